The Hall–Kier alpha value is -3.05. The predicted octanol–water partition coefficient (Wildman–Crippen LogP) is 6.15. The Bertz CT molecular complexity index is 1130. The van der Waals surface area contributed by atoms with Gasteiger partial charge in [-0.3, -0.25) is 0 Å². The van der Waals surface area contributed by atoms with Gasteiger partial charge in [-0.15, -0.1) is 0 Å². The molecule has 0 aliphatic heterocycles. The Morgan fingerprint density at radius 2 is 1.71 bits per heavy atom. The van der Waals surface area contributed by atoms with E-state index in [1.807, 2.05) is 31.2 Å². The van der Waals surface area contributed by atoms with Gasteiger partial charge in [-0.1, -0.05) is 17.8 Å². The van der Waals surface area contributed by atoms with Gasteiger partial charge in [0, 0.05) is 27.1 Å². The van der Waals surface area contributed by atoms with E-state index in [0.29, 0.717) is 0 Å². The number of ether oxygens (including phenoxy) is 1. The van der Waals surface area contributed by atoms with Crippen LogP contribution in [0.1, 0.15) is 11.3 Å². The number of benzene rings is 2. The Morgan fingerprint density at radius 1 is 0.893 bits per heavy atom. The number of hydrogen-bond acceptors (Lipinski definition) is 5. The number of nitrogens with one attached hydrogen (secondary N) is 1. The van der Waals surface area contributed by atoms with E-state index in [2.05, 4.69) is 58.6 Å². The zero-order valence-electron chi connectivity index (χ0n) is 16.1. The van der Waals surface area contributed by atoms with Crippen LogP contribution >= 0.6 is 11.8 Å². The number of methoxy groups -OCH3 is 1. The number of anilines is 2. The van der Waals surface area contributed by atoms with Crippen molar-refractivity contribution in [2.24, 2.45) is 0 Å². The number of aromatic nitrogens is 2. The fraction of sp³-hybridized carbons (Fsp3) is 0.130. The predicted molar refractivity (Wildman–Crippen MR) is 116 cm³/mol. The number of rotatable bonds is 5. The van der Waals surface area contributed by atoms with E-state index in [0.717, 1.165) is 43.6 Å². The van der Waals surface area contributed by atoms with E-state index < -0.39 is 0 Å². The van der Waals surface area contributed by atoms with Gasteiger partial charge in [-0.05, 0) is 74.0 Å². The lowest BCUT2D eigenvalue weighted by Crippen LogP contribution is -1.96. The molecule has 4 nitrogen and oxygen atoms in total. The summed E-state index contributed by atoms with van der Waals surface area (Å²) in [4.78, 5) is 11.2. The third-order valence-corrected chi connectivity index (χ3v) is 5.52. The summed E-state index contributed by atoms with van der Waals surface area (Å²) in [5.41, 5.74) is 4.98. The second-order valence-corrected chi connectivity index (χ2v) is 7.70. The Balaban J connectivity index is 1.69. The molecule has 4 aromatic rings. The van der Waals surface area contributed by atoms with Gasteiger partial charge < -0.3 is 10.1 Å². The monoisotopic (exact) mass is 387 g/mol. The summed E-state index contributed by atoms with van der Waals surface area (Å²) in [5.74, 6) is 0.859. The molecule has 0 radical (unpaired) electrons. The standard InChI is InChI=1S/C23H21N3OS/c1-15-4-11-22(28-18-8-6-17(27-3)7-9-18)21(14-15)26-20-12-13-24-23-19(20)10-5-16(2)25-23/h4-14H,1-3H3,(H,24,25,26). The molecular formula is C23H21N3OS. The van der Waals surface area contributed by atoms with E-state index >= 15 is 0 Å². The van der Waals surface area contributed by atoms with Gasteiger partial charge in [0.15, 0.2) is 5.65 Å². The summed E-state index contributed by atoms with van der Waals surface area (Å²) in [6, 6.07) is 20.6. The first-order valence-electron chi connectivity index (χ1n) is 9.04. The van der Waals surface area contributed by atoms with Crippen LogP contribution in [0.4, 0.5) is 11.4 Å². The first-order chi connectivity index (χ1) is 13.6. The summed E-state index contributed by atoms with van der Waals surface area (Å²) in [7, 11) is 1.68. The van der Waals surface area contributed by atoms with Crippen molar-refractivity contribution in [3.63, 3.8) is 0 Å². The molecule has 28 heavy (non-hydrogen) atoms. The summed E-state index contributed by atoms with van der Waals surface area (Å²) in [5, 5.41) is 4.60. The maximum atomic E-state index is 5.25. The van der Waals surface area contributed by atoms with Crippen molar-refractivity contribution in [2.45, 2.75) is 23.6 Å². The highest BCUT2D eigenvalue weighted by molar-refractivity contribution is 7.99. The maximum Gasteiger partial charge on any atom is 0.161 e. The molecule has 140 valence electrons. The number of fused-ring (bicyclic) bond motifs is 1. The minimum absolute atomic E-state index is 0.752. The molecule has 1 N–H and O–H groups in total. The highest BCUT2D eigenvalue weighted by Crippen LogP contribution is 2.37. The minimum Gasteiger partial charge on any atom is -0.497 e. The fourth-order valence-electron chi connectivity index (χ4n) is 2.98. The van der Waals surface area contributed by atoms with Gasteiger partial charge in [0.2, 0.25) is 0 Å². The zero-order chi connectivity index (χ0) is 19.5. The third kappa shape index (κ3) is 3.94. The minimum atomic E-state index is 0.752. The fourth-order valence-corrected chi connectivity index (χ4v) is 3.86. The van der Waals surface area contributed by atoms with Crippen LogP contribution in [0.5, 0.6) is 5.75 Å². The highest BCUT2D eigenvalue weighted by atomic mass is 32.2. The second-order valence-electron chi connectivity index (χ2n) is 6.58. The van der Waals surface area contributed by atoms with Crippen LogP contribution in [0, 0.1) is 13.8 Å². The van der Waals surface area contributed by atoms with Crippen LogP contribution in [0.2, 0.25) is 0 Å². The van der Waals surface area contributed by atoms with E-state index in [4.69, 9.17) is 4.74 Å². The number of pyridine rings is 2. The number of aryl methyl sites for hydroxylation is 2. The van der Waals surface area contributed by atoms with Crippen molar-refractivity contribution in [1.29, 1.82) is 0 Å². The van der Waals surface area contributed by atoms with Crippen LogP contribution in [0.15, 0.2) is 76.7 Å². The molecule has 0 fully saturated rings. The van der Waals surface area contributed by atoms with Crippen molar-refractivity contribution >= 4 is 34.2 Å². The first-order valence-corrected chi connectivity index (χ1v) is 9.86. The third-order valence-electron chi connectivity index (χ3n) is 4.43. The van der Waals surface area contributed by atoms with Crippen molar-refractivity contribution < 1.29 is 4.74 Å². The summed E-state index contributed by atoms with van der Waals surface area (Å²) in [6.45, 7) is 4.08. The quantitative estimate of drug-likeness (QED) is 0.445. The molecular weight excluding hydrogens is 366 g/mol. The lowest BCUT2D eigenvalue weighted by atomic mass is 10.2. The highest BCUT2D eigenvalue weighted by Gasteiger charge is 2.09. The largest absolute Gasteiger partial charge is 0.497 e. The van der Waals surface area contributed by atoms with Crippen molar-refractivity contribution in [2.75, 3.05) is 12.4 Å². The molecule has 0 aliphatic carbocycles. The average Bonchev–Trinajstić information content (AvgIpc) is 2.70. The molecule has 0 amide bonds. The SMILES string of the molecule is COc1ccc(Sc2ccc(C)cc2Nc2ccnc3nc(C)ccc23)cc1. The summed E-state index contributed by atoms with van der Waals surface area (Å²) >= 11 is 1.72. The Labute approximate surface area is 169 Å². The van der Waals surface area contributed by atoms with Crippen LogP contribution < -0.4 is 10.1 Å². The lowest BCUT2D eigenvalue weighted by Gasteiger charge is -2.14. The number of hydrogen-bond donors (Lipinski definition) is 1. The van der Waals surface area contributed by atoms with E-state index in [9.17, 15) is 0 Å². The second kappa shape index (κ2) is 7.90. The van der Waals surface area contributed by atoms with Crippen molar-refractivity contribution in [3.05, 3.63) is 78.1 Å². The maximum absolute atomic E-state index is 5.25. The van der Waals surface area contributed by atoms with Crippen molar-refractivity contribution in [3.8, 4) is 5.75 Å². The summed E-state index contributed by atoms with van der Waals surface area (Å²) < 4.78 is 5.25. The molecule has 5 heteroatoms. The van der Waals surface area contributed by atoms with Gasteiger partial charge >= 0.3 is 0 Å². The lowest BCUT2D eigenvalue weighted by molar-refractivity contribution is 0.414. The van der Waals surface area contributed by atoms with Crippen LogP contribution in [0.25, 0.3) is 11.0 Å². The molecule has 0 bridgehead atoms. The molecule has 4 rings (SSSR count). The molecule has 2 heterocycles. The first kappa shape index (κ1) is 18.3. The van der Waals surface area contributed by atoms with E-state index in [1.54, 1.807) is 25.1 Å². The summed E-state index contributed by atoms with van der Waals surface area (Å²) in [6.07, 6.45) is 1.79. The van der Waals surface area contributed by atoms with Gasteiger partial charge in [-0.25, -0.2) is 9.97 Å². The van der Waals surface area contributed by atoms with Gasteiger partial charge in [-0.2, -0.15) is 0 Å². The molecule has 0 aliphatic rings. The smallest absolute Gasteiger partial charge is 0.161 e. The average molecular weight is 388 g/mol. The van der Waals surface area contributed by atoms with E-state index in [1.165, 1.54) is 5.56 Å². The molecule has 0 atom stereocenters. The zero-order valence-corrected chi connectivity index (χ0v) is 16.9. The van der Waals surface area contributed by atoms with Crippen molar-refractivity contribution in [1.82, 2.24) is 9.97 Å². The molecule has 0 unspecified atom stereocenters. The van der Waals surface area contributed by atoms with E-state index in [-0.39, 0.29) is 0 Å². The molecule has 0 spiro atoms. The molecule has 2 aromatic heterocycles. The molecule has 0 saturated heterocycles. The topological polar surface area (TPSA) is 47.0 Å². The van der Waals surface area contributed by atoms with Crippen LogP contribution in [-0.4, -0.2) is 17.1 Å². The Kier molecular flexibility index (Phi) is 5.17. The molecule has 2 aromatic carbocycles. The Morgan fingerprint density at radius 3 is 2.50 bits per heavy atom. The normalized spacial score (nSPS) is 10.8. The van der Waals surface area contributed by atoms with Gasteiger partial charge in [0.25, 0.3) is 0 Å². The van der Waals surface area contributed by atoms with Crippen LogP contribution in [-0.2, 0) is 0 Å². The molecule has 0 saturated carbocycles. The van der Waals surface area contributed by atoms with Gasteiger partial charge in [0.1, 0.15) is 5.75 Å². The van der Waals surface area contributed by atoms with Gasteiger partial charge in [0.05, 0.1) is 18.5 Å². The number of nitrogens with zero attached hydrogens (tertiary/aromatic N) is 2. The van der Waals surface area contributed by atoms with Crippen LogP contribution in [0.3, 0.4) is 0 Å².